The van der Waals surface area contributed by atoms with E-state index in [1.54, 1.807) is 0 Å². The summed E-state index contributed by atoms with van der Waals surface area (Å²) in [6.45, 7) is 6.32. The fraction of sp³-hybridized carbons (Fsp3) is 1.00. The zero-order chi connectivity index (χ0) is 11.8. The Morgan fingerprint density at radius 1 is 1.19 bits per heavy atom. The van der Waals surface area contributed by atoms with Crippen LogP contribution in [0.5, 0.6) is 0 Å². The van der Waals surface area contributed by atoms with Crippen LogP contribution in [-0.4, -0.2) is 69.3 Å². The average Bonchev–Trinajstić information content (AvgIpc) is 2.25. The molecular formula is C11H27N5. The lowest BCUT2D eigenvalue weighted by Crippen LogP contribution is -2.46. The Hall–Kier alpha value is -0.200. The quantitative estimate of drug-likeness (QED) is 0.389. The molecule has 5 heteroatoms. The molecule has 0 aliphatic carbocycles. The summed E-state index contributed by atoms with van der Waals surface area (Å²) in [7, 11) is 4.20. The van der Waals surface area contributed by atoms with Crippen LogP contribution in [0.4, 0.5) is 0 Å². The maximum Gasteiger partial charge on any atom is 0.0143 e. The lowest BCUT2D eigenvalue weighted by Gasteiger charge is -2.29. The van der Waals surface area contributed by atoms with Gasteiger partial charge in [0.1, 0.15) is 0 Å². The van der Waals surface area contributed by atoms with Gasteiger partial charge in [-0.15, -0.1) is 0 Å². The summed E-state index contributed by atoms with van der Waals surface area (Å²) in [6.07, 6.45) is 2.35. The summed E-state index contributed by atoms with van der Waals surface area (Å²) in [5.41, 5.74) is 0. The smallest absolute Gasteiger partial charge is 0.0143 e. The van der Waals surface area contributed by atoms with Gasteiger partial charge >= 0.3 is 0 Å². The zero-order valence-electron chi connectivity index (χ0n) is 10.7. The van der Waals surface area contributed by atoms with Crippen molar-refractivity contribution in [3.63, 3.8) is 0 Å². The summed E-state index contributed by atoms with van der Waals surface area (Å²) < 4.78 is 0. The van der Waals surface area contributed by atoms with E-state index >= 15 is 0 Å². The number of hydrogen-bond acceptors (Lipinski definition) is 5. The molecule has 0 aromatic heterocycles. The van der Waals surface area contributed by atoms with Crippen LogP contribution in [0.1, 0.15) is 12.8 Å². The van der Waals surface area contributed by atoms with E-state index in [9.17, 15) is 0 Å². The van der Waals surface area contributed by atoms with Crippen molar-refractivity contribution in [2.45, 2.75) is 18.9 Å². The van der Waals surface area contributed by atoms with Crippen LogP contribution in [0.25, 0.3) is 0 Å². The number of hydrogen-bond donors (Lipinski definition) is 3. The summed E-state index contributed by atoms with van der Waals surface area (Å²) >= 11 is 0. The minimum atomic E-state index is 0.662. The van der Waals surface area contributed by atoms with E-state index in [0.29, 0.717) is 6.04 Å². The van der Waals surface area contributed by atoms with Gasteiger partial charge in [-0.25, -0.2) is 5.01 Å². The molecule has 0 spiro atoms. The van der Waals surface area contributed by atoms with E-state index < -0.39 is 0 Å². The fourth-order valence-electron chi connectivity index (χ4n) is 1.90. The molecule has 1 heterocycles. The molecule has 0 saturated carbocycles. The number of likely N-dealkylation sites (N-methyl/N-ethyl adjacent to an activating group) is 1. The molecule has 0 aromatic rings. The molecule has 0 atom stereocenters. The van der Waals surface area contributed by atoms with E-state index in [0.717, 1.165) is 39.3 Å². The molecule has 96 valence electrons. The monoisotopic (exact) mass is 229 g/mol. The minimum absolute atomic E-state index is 0.662. The largest absolute Gasteiger partial charge is 0.314 e. The number of nitrogens with two attached hydrogens (primary N) is 1. The molecule has 0 radical (unpaired) electrons. The van der Waals surface area contributed by atoms with Crippen molar-refractivity contribution < 1.29 is 0 Å². The third kappa shape index (κ3) is 6.40. The van der Waals surface area contributed by atoms with Crippen molar-refractivity contribution in [2.24, 2.45) is 5.84 Å². The van der Waals surface area contributed by atoms with Gasteiger partial charge in [-0.2, -0.15) is 0 Å². The first kappa shape index (κ1) is 13.9. The maximum atomic E-state index is 5.71. The lowest BCUT2D eigenvalue weighted by molar-refractivity contribution is 0.202. The highest BCUT2D eigenvalue weighted by atomic mass is 15.4. The van der Waals surface area contributed by atoms with Gasteiger partial charge in [0.05, 0.1) is 0 Å². The van der Waals surface area contributed by atoms with Crippen molar-refractivity contribution in [1.29, 1.82) is 0 Å². The number of rotatable bonds is 7. The molecule has 0 amide bonds. The first-order valence-corrected chi connectivity index (χ1v) is 6.27. The van der Waals surface area contributed by atoms with E-state index in [2.05, 4.69) is 29.6 Å². The molecule has 1 saturated heterocycles. The van der Waals surface area contributed by atoms with E-state index in [4.69, 9.17) is 5.84 Å². The Kier molecular flexibility index (Phi) is 6.91. The standard InChI is InChI=1S/C11H27N5/c1-15(2)10-7-13-5-6-14-11-3-8-16(12)9-4-11/h11,13-14H,3-10,12H2,1-2H3. The molecule has 1 aliphatic heterocycles. The van der Waals surface area contributed by atoms with Crippen LogP contribution in [0.15, 0.2) is 0 Å². The highest BCUT2D eigenvalue weighted by Crippen LogP contribution is 2.05. The van der Waals surface area contributed by atoms with Crippen LogP contribution in [0.2, 0.25) is 0 Å². The Bertz CT molecular complexity index is 166. The zero-order valence-corrected chi connectivity index (χ0v) is 10.7. The second-order valence-electron chi connectivity index (χ2n) is 4.82. The van der Waals surface area contributed by atoms with Gasteiger partial charge in [-0.1, -0.05) is 0 Å². The molecule has 0 bridgehead atoms. The van der Waals surface area contributed by atoms with Gasteiger partial charge in [0.15, 0.2) is 0 Å². The van der Waals surface area contributed by atoms with Crippen molar-refractivity contribution in [3.8, 4) is 0 Å². The number of nitrogens with zero attached hydrogens (tertiary/aromatic N) is 2. The third-order valence-electron chi connectivity index (χ3n) is 3.00. The second-order valence-corrected chi connectivity index (χ2v) is 4.82. The average molecular weight is 229 g/mol. The summed E-state index contributed by atoms with van der Waals surface area (Å²) in [6, 6.07) is 0.662. The second kappa shape index (κ2) is 7.97. The van der Waals surface area contributed by atoms with Crippen LogP contribution < -0.4 is 16.5 Å². The van der Waals surface area contributed by atoms with Gasteiger partial charge in [0, 0.05) is 45.3 Å². The Morgan fingerprint density at radius 2 is 1.88 bits per heavy atom. The third-order valence-corrected chi connectivity index (χ3v) is 3.00. The van der Waals surface area contributed by atoms with Crippen molar-refractivity contribution >= 4 is 0 Å². The SMILES string of the molecule is CN(C)CCNCCNC1CCN(N)CC1. The van der Waals surface area contributed by atoms with E-state index in [1.165, 1.54) is 12.8 Å². The predicted octanol–water partition coefficient (Wildman–Crippen LogP) is -0.935. The van der Waals surface area contributed by atoms with Crippen molar-refractivity contribution in [3.05, 3.63) is 0 Å². The Balaban J connectivity index is 1.87. The highest BCUT2D eigenvalue weighted by molar-refractivity contribution is 4.74. The van der Waals surface area contributed by atoms with Crippen molar-refractivity contribution in [1.82, 2.24) is 20.5 Å². The summed E-state index contributed by atoms with van der Waals surface area (Å²) in [4.78, 5) is 2.19. The van der Waals surface area contributed by atoms with Gasteiger partial charge in [0.25, 0.3) is 0 Å². The summed E-state index contributed by atoms with van der Waals surface area (Å²) in [5.74, 6) is 5.71. The normalized spacial score (nSPS) is 19.5. The molecule has 1 fully saturated rings. The van der Waals surface area contributed by atoms with E-state index in [-0.39, 0.29) is 0 Å². The van der Waals surface area contributed by atoms with Crippen molar-refractivity contribution in [2.75, 3.05) is 53.4 Å². The molecule has 16 heavy (non-hydrogen) atoms. The van der Waals surface area contributed by atoms with Crippen LogP contribution in [0.3, 0.4) is 0 Å². The van der Waals surface area contributed by atoms with Crippen LogP contribution in [0, 0.1) is 0 Å². The number of nitrogens with one attached hydrogen (secondary N) is 2. The van der Waals surface area contributed by atoms with Gasteiger partial charge in [0.2, 0.25) is 0 Å². The van der Waals surface area contributed by atoms with Gasteiger partial charge in [-0.05, 0) is 26.9 Å². The Morgan fingerprint density at radius 3 is 2.50 bits per heavy atom. The molecule has 0 unspecified atom stereocenters. The first-order chi connectivity index (χ1) is 7.68. The molecular weight excluding hydrogens is 202 g/mol. The molecule has 4 N–H and O–H groups in total. The fourth-order valence-corrected chi connectivity index (χ4v) is 1.90. The van der Waals surface area contributed by atoms with Crippen LogP contribution >= 0.6 is 0 Å². The molecule has 1 rings (SSSR count). The number of piperidine rings is 1. The van der Waals surface area contributed by atoms with Crippen LogP contribution in [-0.2, 0) is 0 Å². The predicted molar refractivity (Wildman–Crippen MR) is 68.2 cm³/mol. The molecule has 0 aromatic carbocycles. The van der Waals surface area contributed by atoms with Gasteiger partial charge < -0.3 is 15.5 Å². The summed E-state index contributed by atoms with van der Waals surface area (Å²) in [5, 5.41) is 8.91. The maximum absolute atomic E-state index is 5.71. The topological polar surface area (TPSA) is 56.6 Å². The minimum Gasteiger partial charge on any atom is -0.314 e. The first-order valence-electron chi connectivity index (χ1n) is 6.27. The molecule has 1 aliphatic rings. The number of hydrazine groups is 1. The lowest BCUT2D eigenvalue weighted by atomic mass is 10.1. The highest BCUT2D eigenvalue weighted by Gasteiger charge is 2.15. The molecule has 5 nitrogen and oxygen atoms in total. The Labute approximate surface area is 99.3 Å². The van der Waals surface area contributed by atoms with Gasteiger partial charge in [-0.3, -0.25) is 5.84 Å². The van der Waals surface area contributed by atoms with E-state index in [1.807, 2.05) is 5.01 Å².